The first-order chi connectivity index (χ1) is 12.3. The number of fused-ring (bicyclic) bond motifs is 1. The van der Waals surface area contributed by atoms with E-state index in [4.69, 9.17) is 4.74 Å². The van der Waals surface area contributed by atoms with Crippen molar-refractivity contribution < 1.29 is 4.74 Å². The van der Waals surface area contributed by atoms with Crippen molar-refractivity contribution in [1.29, 1.82) is 0 Å². The Bertz CT molecular complexity index is 974. The molecule has 1 aliphatic heterocycles. The van der Waals surface area contributed by atoms with E-state index in [0.717, 1.165) is 29.9 Å². The van der Waals surface area contributed by atoms with E-state index in [1.165, 1.54) is 17.2 Å². The van der Waals surface area contributed by atoms with Gasteiger partial charge in [0.05, 0.1) is 6.61 Å². The van der Waals surface area contributed by atoms with Crippen molar-refractivity contribution in [2.45, 2.75) is 12.8 Å². The molecule has 0 fully saturated rings. The fourth-order valence-corrected chi connectivity index (χ4v) is 3.05. The van der Waals surface area contributed by atoms with E-state index >= 15 is 0 Å². The Morgan fingerprint density at radius 1 is 1.16 bits per heavy atom. The Morgan fingerprint density at radius 2 is 2.04 bits per heavy atom. The molecule has 4 nitrogen and oxygen atoms in total. The molecule has 1 aliphatic rings. The van der Waals surface area contributed by atoms with Gasteiger partial charge >= 0.3 is 0 Å². The molecule has 1 N–H and O–H groups in total. The van der Waals surface area contributed by atoms with Crippen LogP contribution in [0.5, 0.6) is 5.75 Å². The molecule has 0 atom stereocenters. The fourth-order valence-electron chi connectivity index (χ4n) is 3.05. The highest BCUT2D eigenvalue weighted by Gasteiger charge is 2.12. The molecule has 2 heterocycles. The van der Waals surface area contributed by atoms with Gasteiger partial charge in [-0.1, -0.05) is 36.4 Å². The summed E-state index contributed by atoms with van der Waals surface area (Å²) in [4.78, 5) is 18.9. The van der Waals surface area contributed by atoms with Gasteiger partial charge in [0.25, 0.3) is 5.56 Å². The van der Waals surface area contributed by atoms with Gasteiger partial charge in [0.1, 0.15) is 11.6 Å². The van der Waals surface area contributed by atoms with Gasteiger partial charge in [-0.25, -0.2) is 4.98 Å². The zero-order valence-electron chi connectivity index (χ0n) is 13.7. The number of aromatic nitrogens is 2. The van der Waals surface area contributed by atoms with Crippen molar-refractivity contribution in [1.82, 2.24) is 9.97 Å². The number of H-pyrrole nitrogens is 1. The molecular formula is C21H18N2O2. The minimum atomic E-state index is -0.147. The number of hydrogen-bond acceptors (Lipinski definition) is 3. The van der Waals surface area contributed by atoms with Gasteiger partial charge in [0.15, 0.2) is 0 Å². The maximum atomic E-state index is 11.7. The number of ether oxygens (including phenoxy) is 1. The van der Waals surface area contributed by atoms with Gasteiger partial charge in [-0.15, -0.1) is 0 Å². The lowest BCUT2D eigenvalue weighted by atomic mass is 10.0. The summed E-state index contributed by atoms with van der Waals surface area (Å²) in [6.07, 6.45) is 5.26. The predicted octanol–water partition coefficient (Wildman–Crippen LogP) is 3.49. The van der Waals surface area contributed by atoms with Crippen LogP contribution in [0.3, 0.4) is 0 Å². The molecule has 0 bridgehead atoms. The number of benzene rings is 2. The van der Waals surface area contributed by atoms with Gasteiger partial charge in [-0.2, -0.15) is 0 Å². The molecule has 4 rings (SSSR count). The molecule has 0 saturated carbocycles. The quantitative estimate of drug-likeness (QED) is 0.797. The minimum absolute atomic E-state index is 0.147. The Labute approximate surface area is 145 Å². The third kappa shape index (κ3) is 3.53. The molecule has 0 saturated heterocycles. The van der Waals surface area contributed by atoms with Crippen LogP contribution in [0.1, 0.15) is 22.5 Å². The van der Waals surface area contributed by atoms with E-state index in [0.29, 0.717) is 12.2 Å². The molecule has 2 aromatic carbocycles. The standard InChI is InChI=1S/C21H18N2O2/c24-20-8-10-22-21(23-20)18(12-15-4-2-1-3-5-15)14-16-6-7-19-17(13-16)9-11-25-19/h1-8,10,13-14H,9,11-12H2,(H,22,23,24)/b18-14+. The smallest absolute Gasteiger partial charge is 0.251 e. The average molecular weight is 330 g/mol. The molecule has 25 heavy (non-hydrogen) atoms. The Kier molecular flexibility index (Phi) is 4.17. The number of aromatic amines is 1. The Hall–Kier alpha value is -3.14. The maximum Gasteiger partial charge on any atom is 0.251 e. The van der Waals surface area contributed by atoms with Crippen molar-refractivity contribution in [3.05, 3.63) is 93.7 Å². The highest BCUT2D eigenvalue weighted by molar-refractivity contribution is 5.80. The van der Waals surface area contributed by atoms with E-state index in [-0.39, 0.29) is 5.56 Å². The molecule has 0 radical (unpaired) electrons. The van der Waals surface area contributed by atoms with Crippen LogP contribution < -0.4 is 10.3 Å². The van der Waals surface area contributed by atoms with Crippen molar-refractivity contribution in [2.75, 3.05) is 6.61 Å². The lowest BCUT2D eigenvalue weighted by Crippen LogP contribution is -2.09. The summed E-state index contributed by atoms with van der Waals surface area (Å²) >= 11 is 0. The van der Waals surface area contributed by atoms with Gasteiger partial charge in [-0.05, 0) is 40.5 Å². The van der Waals surface area contributed by atoms with Crippen LogP contribution >= 0.6 is 0 Å². The lowest BCUT2D eigenvalue weighted by molar-refractivity contribution is 0.357. The van der Waals surface area contributed by atoms with Crippen LogP contribution in [0, 0.1) is 0 Å². The van der Waals surface area contributed by atoms with Crippen molar-refractivity contribution in [3.63, 3.8) is 0 Å². The molecule has 1 aromatic heterocycles. The van der Waals surface area contributed by atoms with Gasteiger partial charge in [0, 0.05) is 25.1 Å². The zero-order chi connectivity index (χ0) is 17.1. The first-order valence-electron chi connectivity index (χ1n) is 8.34. The summed E-state index contributed by atoms with van der Waals surface area (Å²) in [7, 11) is 0. The first kappa shape index (κ1) is 15.4. The highest BCUT2D eigenvalue weighted by Crippen LogP contribution is 2.28. The number of nitrogens with one attached hydrogen (secondary N) is 1. The normalized spacial score (nSPS) is 13.4. The molecule has 3 aromatic rings. The monoisotopic (exact) mass is 330 g/mol. The summed E-state index contributed by atoms with van der Waals surface area (Å²) in [5.41, 5.74) is 4.31. The van der Waals surface area contributed by atoms with Crippen LogP contribution in [0.4, 0.5) is 0 Å². The number of allylic oxidation sites excluding steroid dienone is 1. The predicted molar refractivity (Wildman–Crippen MR) is 98.5 cm³/mol. The third-order valence-corrected chi connectivity index (χ3v) is 4.27. The van der Waals surface area contributed by atoms with E-state index in [1.54, 1.807) is 6.20 Å². The second-order valence-electron chi connectivity index (χ2n) is 6.08. The van der Waals surface area contributed by atoms with Crippen molar-refractivity contribution in [3.8, 4) is 5.75 Å². The minimum Gasteiger partial charge on any atom is -0.493 e. The lowest BCUT2D eigenvalue weighted by Gasteiger charge is -2.08. The van der Waals surface area contributed by atoms with Crippen LogP contribution in [0.25, 0.3) is 11.6 Å². The van der Waals surface area contributed by atoms with E-state index in [2.05, 4.69) is 34.2 Å². The van der Waals surface area contributed by atoms with E-state index < -0.39 is 0 Å². The molecule has 0 spiro atoms. The van der Waals surface area contributed by atoms with Crippen LogP contribution in [0.15, 0.2) is 65.6 Å². The van der Waals surface area contributed by atoms with Crippen LogP contribution in [-0.2, 0) is 12.8 Å². The summed E-state index contributed by atoms with van der Waals surface area (Å²) in [6, 6.07) is 17.8. The molecule has 0 aliphatic carbocycles. The zero-order valence-corrected chi connectivity index (χ0v) is 13.7. The molecule has 0 amide bonds. The third-order valence-electron chi connectivity index (χ3n) is 4.27. The SMILES string of the molecule is O=c1ccnc(/C(=C/c2ccc3c(c2)CCO3)Cc2ccccc2)[nH]1. The van der Waals surface area contributed by atoms with Crippen molar-refractivity contribution in [2.24, 2.45) is 0 Å². The largest absolute Gasteiger partial charge is 0.493 e. The maximum absolute atomic E-state index is 11.7. The average Bonchev–Trinajstić information content (AvgIpc) is 3.10. The van der Waals surface area contributed by atoms with E-state index in [1.807, 2.05) is 30.3 Å². The van der Waals surface area contributed by atoms with Gasteiger partial charge in [0.2, 0.25) is 0 Å². The topological polar surface area (TPSA) is 55.0 Å². The molecule has 124 valence electrons. The van der Waals surface area contributed by atoms with Crippen molar-refractivity contribution >= 4 is 11.6 Å². The molecule has 4 heteroatoms. The van der Waals surface area contributed by atoms with Crippen LogP contribution in [-0.4, -0.2) is 16.6 Å². The summed E-state index contributed by atoms with van der Waals surface area (Å²) < 4.78 is 5.57. The Morgan fingerprint density at radius 3 is 2.88 bits per heavy atom. The number of nitrogens with zero attached hydrogens (tertiary/aromatic N) is 1. The second kappa shape index (κ2) is 6.77. The summed E-state index contributed by atoms with van der Waals surface area (Å²) in [5.74, 6) is 1.57. The Balaban J connectivity index is 1.75. The van der Waals surface area contributed by atoms with Gasteiger partial charge < -0.3 is 9.72 Å². The summed E-state index contributed by atoms with van der Waals surface area (Å²) in [5, 5.41) is 0. The fraction of sp³-hybridized carbons (Fsp3) is 0.143. The van der Waals surface area contributed by atoms with E-state index in [9.17, 15) is 4.79 Å². The summed E-state index contributed by atoms with van der Waals surface area (Å²) in [6.45, 7) is 0.743. The second-order valence-corrected chi connectivity index (χ2v) is 6.08. The molecule has 0 unspecified atom stereocenters. The highest BCUT2D eigenvalue weighted by atomic mass is 16.5. The van der Waals surface area contributed by atoms with Gasteiger partial charge in [-0.3, -0.25) is 4.79 Å². The first-order valence-corrected chi connectivity index (χ1v) is 8.34. The number of hydrogen-bond donors (Lipinski definition) is 1. The van der Waals surface area contributed by atoms with Crippen LogP contribution in [0.2, 0.25) is 0 Å². The molecular weight excluding hydrogens is 312 g/mol. The number of rotatable bonds is 4.